The molecule has 1 aliphatic rings. The standard InChI is InChI=1S/C23H29ClN2O6S/c1-30-19-6-4-16(14-21(19)32-3)8-11-25-23(27)17-9-12-26(13-10-17)33(28,29)22-15-18(24)5-7-20(22)31-2/h4-7,14-15,17H,8-13H2,1-3H3,(H,25,27). The van der Waals surface area contributed by atoms with Crippen molar-refractivity contribution in [2.24, 2.45) is 5.92 Å². The third-order valence-electron chi connectivity index (χ3n) is 5.73. The molecule has 2 aromatic carbocycles. The quantitative estimate of drug-likeness (QED) is 0.573. The van der Waals surface area contributed by atoms with Gasteiger partial charge in [-0.2, -0.15) is 4.31 Å². The first kappa shape index (κ1) is 25.1. The van der Waals surface area contributed by atoms with Crippen LogP contribution in [0.3, 0.4) is 0 Å². The van der Waals surface area contributed by atoms with Crippen LogP contribution in [-0.4, -0.2) is 59.6 Å². The highest BCUT2D eigenvalue weighted by atomic mass is 35.5. The highest BCUT2D eigenvalue weighted by Crippen LogP contribution is 2.32. The molecule has 1 saturated heterocycles. The zero-order valence-electron chi connectivity index (χ0n) is 19.0. The summed E-state index contributed by atoms with van der Waals surface area (Å²) in [5, 5.41) is 3.28. The number of amides is 1. The predicted octanol–water partition coefficient (Wildman–Crippen LogP) is 3.13. The number of carbonyl (C=O) groups is 1. The van der Waals surface area contributed by atoms with Gasteiger partial charge >= 0.3 is 0 Å². The summed E-state index contributed by atoms with van der Waals surface area (Å²) >= 11 is 6.00. The molecule has 10 heteroatoms. The molecule has 1 heterocycles. The van der Waals surface area contributed by atoms with Crippen LogP contribution in [0, 0.1) is 5.92 Å². The molecule has 0 spiro atoms. The number of halogens is 1. The van der Waals surface area contributed by atoms with Crippen LogP contribution in [0.25, 0.3) is 0 Å². The third kappa shape index (κ3) is 5.90. The lowest BCUT2D eigenvalue weighted by Gasteiger charge is -2.31. The molecule has 0 radical (unpaired) electrons. The lowest BCUT2D eigenvalue weighted by Crippen LogP contribution is -2.43. The molecular formula is C23H29ClN2O6S. The number of sulfonamides is 1. The minimum Gasteiger partial charge on any atom is -0.495 e. The molecule has 3 rings (SSSR count). The molecule has 0 unspecified atom stereocenters. The van der Waals surface area contributed by atoms with Gasteiger partial charge in [-0.1, -0.05) is 17.7 Å². The van der Waals surface area contributed by atoms with Crippen molar-refractivity contribution in [1.29, 1.82) is 0 Å². The Kier molecular flexibility index (Phi) is 8.45. The monoisotopic (exact) mass is 496 g/mol. The fourth-order valence-corrected chi connectivity index (χ4v) is 5.75. The summed E-state index contributed by atoms with van der Waals surface area (Å²) < 4.78 is 43.3. The SMILES string of the molecule is COc1ccc(CCNC(=O)C2CCN(S(=O)(=O)c3cc(Cl)ccc3OC)CC2)cc1OC. The van der Waals surface area contributed by atoms with Crippen LogP contribution in [0.1, 0.15) is 18.4 Å². The van der Waals surface area contributed by atoms with Gasteiger partial charge in [0.15, 0.2) is 11.5 Å². The number of rotatable bonds is 9. The van der Waals surface area contributed by atoms with Crippen molar-refractivity contribution < 1.29 is 27.4 Å². The van der Waals surface area contributed by atoms with Crippen LogP contribution in [0.5, 0.6) is 17.2 Å². The molecule has 1 aliphatic heterocycles. The first-order valence-electron chi connectivity index (χ1n) is 10.6. The largest absolute Gasteiger partial charge is 0.495 e. The second kappa shape index (κ2) is 11.1. The topological polar surface area (TPSA) is 94.2 Å². The lowest BCUT2D eigenvalue weighted by atomic mass is 9.97. The molecule has 1 N–H and O–H groups in total. The normalized spacial score (nSPS) is 15.2. The second-order valence-electron chi connectivity index (χ2n) is 7.70. The molecular weight excluding hydrogens is 468 g/mol. The molecule has 2 aromatic rings. The van der Waals surface area contributed by atoms with E-state index in [9.17, 15) is 13.2 Å². The average Bonchev–Trinajstić information content (AvgIpc) is 2.83. The molecule has 0 bridgehead atoms. The smallest absolute Gasteiger partial charge is 0.246 e. The summed E-state index contributed by atoms with van der Waals surface area (Å²) in [6.45, 7) is 0.990. The second-order valence-corrected chi connectivity index (χ2v) is 10.0. The number of nitrogens with zero attached hydrogens (tertiary/aromatic N) is 1. The van der Waals surface area contributed by atoms with Crippen molar-refractivity contribution in [3.05, 3.63) is 47.0 Å². The molecule has 0 saturated carbocycles. The molecule has 0 aliphatic carbocycles. The van der Waals surface area contributed by atoms with Crippen LogP contribution >= 0.6 is 11.6 Å². The van der Waals surface area contributed by atoms with Gasteiger partial charge in [-0.3, -0.25) is 4.79 Å². The van der Waals surface area contributed by atoms with E-state index in [4.69, 9.17) is 25.8 Å². The van der Waals surface area contributed by atoms with Crippen LogP contribution in [0.4, 0.5) is 0 Å². The summed E-state index contributed by atoms with van der Waals surface area (Å²) in [4.78, 5) is 12.7. The van der Waals surface area contributed by atoms with E-state index in [1.54, 1.807) is 20.3 Å². The Bertz CT molecular complexity index is 1080. The van der Waals surface area contributed by atoms with Crippen LogP contribution in [-0.2, 0) is 21.2 Å². The fourth-order valence-electron chi connectivity index (χ4n) is 3.86. The molecule has 8 nitrogen and oxygen atoms in total. The minimum atomic E-state index is -3.77. The van der Waals surface area contributed by atoms with E-state index in [0.717, 1.165) is 5.56 Å². The Morgan fingerprint density at radius 3 is 2.27 bits per heavy atom. The number of benzene rings is 2. The van der Waals surface area contributed by atoms with Crippen molar-refractivity contribution >= 4 is 27.5 Å². The van der Waals surface area contributed by atoms with E-state index in [-0.39, 0.29) is 35.6 Å². The van der Waals surface area contributed by atoms with E-state index in [2.05, 4.69) is 5.32 Å². The van der Waals surface area contributed by atoms with Crippen molar-refractivity contribution in [3.63, 3.8) is 0 Å². The molecule has 0 atom stereocenters. The Labute approximate surface area is 199 Å². The van der Waals surface area contributed by atoms with Crippen LogP contribution < -0.4 is 19.5 Å². The minimum absolute atomic E-state index is 0.0373. The van der Waals surface area contributed by atoms with Crippen molar-refractivity contribution in [3.8, 4) is 17.2 Å². The molecule has 1 fully saturated rings. The van der Waals surface area contributed by atoms with Gasteiger partial charge in [0.05, 0.1) is 21.3 Å². The molecule has 1 amide bonds. The Morgan fingerprint density at radius 2 is 1.64 bits per heavy atom. The maximum atomic E-state index is 13.1. The summed E-state index contributed by atoms with van der Waals surface area (Å²) in [7, 11) is 0.811. The Hall–Kier alpha value is -2.49. The lowest BCUT2D eigenvalue weighted by molar-refractivity contribution is -0.126. The van der Waals surface area contributed by atoms with Gasteiger partial charge in [0.1, 0.15) is 10.6 Å². The van der Waals surface area contributed by atoms with Gasteiger partial charge in [-0.15, -0.1) is 0 Å². The number of nitrogens with one attached hydrogen (secondary N) is 1. The van der Waals surface area contributed by atoms with Crippen LogP contribution in [0.15, 0.2) is 41.3 Å². The van der Waals surface area contributed by atoms with E-state index in [0.29, 0.717) is 42.3 Å². The first-order valence-corrected chi connectivity index (χ1v) is 12.4. The maximum absolute atomic E-state index is 13.1. The van der Waals surface area contributed by atoms with E-state index >= 15 is 0 Å². The molecule has 0 aromatic heterocycles. The summed E-state index contributed by atoms with van der Waals surface area (Å²) in [6.07, 6.45) is 1.54. The number of ether oxygens (including phenoxy) is 3. The maximum Gasteiger partial charge on any atom is 0.246 e. The predicted molar refractivity (Wildman–Crippen MR) is 126 cm³/mol. The van der Waals surface area contributed by atoms with Gasteiger partial charge in [-0.25, -0.2) is 8.42 Å². The fraction of sp³-hybridized carbons (Fsp3) is 0.435. The number of piperidine rings is 1. The number of methoxy groups -OCH3 is 3. The number of carbonyl (C=O) groups excluding carboxylic acids is 1. The highest BCUT2D eigenvalue weighted by molar-refractivity contribution is 7.89. The zero-order chi connectivity index (χ0) is 24.0. The molecule has 180 valence electrons. The summed E-state index contributed by atoms with van der Waals surface area (Å²) in [5.41, 5.74) is 1.02. The van der Waals surface area contributed by atoms with Crippen molar-refractivity contribution in [2.75, 3.05) is 41.0 Å². The average molecular weight is 497 g/mol. The Balaban J connectivity index is 1.53. The first-order chi connectivity index (χ1) is 15.8. The van der Waals surface area contributed by atoms with Crippen LogP contribution in [0.2, 0.25) is 5.02 Å². The van der Waals surface area contributed by atoms with Crippen molar-refractivity contribution in [1.82, 2.24) is 9.62 Å². The number of hydrogen-bond donors (Lipinski definition) is 1. The van der Waals surface area contributed by atoms with Gasteiger partial charge in [0.2, 0.25) is 15.9 Å². The van der Waals surface area contributed by atoms with Gasteiger partial charge < -0.3 is 19.5 Å². The van der Waals surface area contributed by atoms with E-state index in [1.807, 2.05) is 18.2 Å². The third-order valence-corrected chi connectivity index (χ3v) is 7.88. The highest BCUT2D eigenvalue weighted by Gasteiger charge is 2.33. The van der Waals surface area contributed by atoms with E-state index < -0.39 is 10.0 Å². The summed E-state index contributed by atoms with van der Waals surface area (Å²) in [5.74, 6) is 1.25. The van der Waals surface area contributed by atoms with Crippen molar-refractivity contribution in [2.45, 2.75) is 24.2 Å². The van der Waals surface area contributed by atoms with E-state index in [1.165, 1.54) is 23.5 Å². The number of hydrogen-bond acceptors (Lipinski definition) is 6. The van der Waals surface area contributed by atoms with Gasteiger partial charge in [0.25, 0.3) is 0 Å². The summed E-state index contributed by atoms with van der Waals surface area (Å²) in [6, 6.07) is 10.2. The zero-order valence-corrected chi connectivity index (χ0v) is 20.5. The van der Waals surface area contributed by atoms with Gasteiger partial charge in [0, 0.05) is 30.6 Å². The van der Waals surface area contributed by atoms with Gasteiger partial charge in [-0.05, 0) is 55.2 Å². The molecule has 33 heavy (non-hydrogen) atoms. The Morgan fingerprint density at radius 1 is 1.00 bits per heavy atom.